The number of ether oxygens (including phenoxy) is 1. The van der Waals surface area contributed by atoms with Crippen LogP contribution in [-0.4, -0.2) is 74.4 Å². The number of benzene rings is 2. The molecule has 0 aliphatic carbocycles. The minimum atomic E-state index is 0.301. The molecule has 2 N–H and O–H groups in total. The highest BCUT2D eigenvalue weighted by molar-refractivity contribution is 5.47. The van der Waals surface area contributed by atoms with E-state index >= 15 is 0 Å². The highest BCUT2D eigenvalue weighted by Gasteiger charge is 2.34. The molecule has 33 heavy (non-hydrogen) atoms. The lowest BCUT2D eigenvalue weighted by molar-refractivity contribution is -0.138. The minimum Gasteiger partial charge on any atom is -0.385 e. The number of nitrogens with zero attached hydrogens (tertiary/aromatic N) is 4. The van der Waals surface area contributed by atoms with Gasteiger partial charge in [-0.15, -0.1) is 0 Å². The van der Waals surface area contributed by atoms with Crippen molar-refractivity contribution in [1.82, 2.24) is 9.80 Å². The van der Waals surface area contributed by atoms with E-state index in [0.29, 0.717) is 23.3 Å². The van der Waals surface area contributed by atoms with Crippen molar-refractivity contribution in [3.8, 4) is 12.1 Å². The van der Waals surface area contributed by atoms with Crippen molar-refractivity contribution >= 4 is 11.4 Å². The topological polar surface area (TPSA) is 87.4 Å². The summed E-state index contributed by atoms with van der Waals surface area (Å²) in [5, 5.41) is 24.7. The number of morpholine rings is 2. The molecule has 0 saturated carbocycles. The predicted octanol–water partition coefficient (Wildman–Crippen LogP) is 3.12. The summed E-state index contributed by atoms with van der Waals surface area (Å²) in [5.41, 5.74) is 3.52. The van der Waals surface area contributed by atoms with Crippen molar-refractivity contribution in [2.24, 2.45) is 0 Å². The van der Waals surface area contributed by atoms with Crippen LogP contribution in [-0.2, 0) is 4.74 Å². The number of nitrogens with one attached hydrogen (secondary N) is 2. The molecule has 7 nitrogen and oxygen atoms in total. The molecule has 2 fully saturated rings. The van der Waals surface area contributed by atoms with Crippen LogP contribution in [0.4, 0.5) is 11.4 Å². The summed E-state index contributed by atoms with van der Waals surface area (Å²) in [6, 6.07) is 19.5. The molecule has 2 heterocycles. The Morgan fingerprint density at radius 1 is 0.697 bits per heavy atom. The summed E-state index contributed by atoms with van der Waals surface area (Å²) in [6.07, 6.45) is 2.78. The molecule has 0 spiro atoms. The van der Waals surface area contributed by atoms with Crippen molar-refractivity contribution in [2.75, 3.05) is 63.0 Å². The van der Waals surface area contributed by atoms with E-state index in [1.54, 1.807) is 0 Å². The summed E-state index contributed by atoms with van der Waals surface area (Å²) in [7, 11) is 0. The number of rotatable bonds is 10. The van der Waals surface area contributed by atoms with E-state index in [-0.39, 0.29) is 0 Å². The van der Waals surface area contributed by atoms with E-state index in [4.69, 9.17) is 15.3 Å². The molecular weight excluding hydrogens is 412 g/mol. The quantitative estimate of drug-likeness (QED) is 0.545. The second kappa shape index (κ2) is 11.7. The van der Waals surface area contributed by atoms with Gasteiger partial charge in [0.05, 0.1) is 35.5 Å². The molecule has 0 aromatic heterocycles. The van der Waals surface area contributed by atoms with Gasteiger partial charge in [-0.25, -0.2) is 0 Å². The van der Waals surface area contributed by atoms with Gasteiger partial charge in [0.15, 0.2) is 0 Å². The number of anilines is 2. The van der Waals surface area contributed by atoms with Crippen LogP contribution in [0.25, 0.3) is 0 Å². The van der Waals surface area contributed by atoms with Gasteiger partial charge < -0.3 is 15.4 Å². The molecule has 4 rings (SSSR count). The highest BCUT2D eigenvalue weighted by atomic mass is 16.5. The van der Waals surface area contributed by atoms with E-state index in [1.807, 2.05) is 48.5 Å². The van der Waals surface area contributed by atoms with Crippen LogP contribution in [0.3, 0.4) is 0 Å². The van der Waals surface area contributed by atoms with Gasteiger partial charge in [0.1, 0.15) is 0 Å². The Kier molecular flexibility index (Phi) is 8.16. The van der Waals surface area contributed by atoms with Crippen LogP contribution >= 0.6 is 0 Å². The van der Waals surface area contributed by atoms with Gasteiger partial charge in [0.2, 0.25) is 0 Å². The Labute approximate surface area is 196 Å². The molecule has 2 aromatic rings. The maximum absolute atomic E-state index is 8.88. The fourth-order valence-corrected chi connectivity index (χ4v) is 4.62. The fraction of sp³-hybridized carbons (Fsp3) is 0.462. The van der Waals surface area contributed by atoms with E-state index in [2.05, 4.69) is 32.6 Å². The molecule has 2 aliphatic heterocycles. The summed E-state index contributed by atoms with van der Waals surface area (Å²) in [4.78, 5) is 5.09. The zero-order valence-electron chi connectivity index (χ0n) is 19.0. The molecule has 0 atom stereocenters. The van der Waals surface area contributed by atoms with Crippen molar-refractivity contribution in [3.63, 3.8) is 0 Å². The summed E-state index contributed by atoms with van der Waals surface area (Å²) < 4.78 is 6.21. The summed E-state index contributed by atoms with van der Waals surface area (Å²) in [6.45, 7) is 8.04. The van der Waals surface area contributed by atoms with E-state index in [0.717, 1.165) is 76.6 Å². The second-order valence-electron chi connectivity index (χ2n) is 8.84. The van der Waals surface area contributed by atoms with Crippen LogP contribution in [0, 0.1) is 22.7 Å². The molecule has 0 radical (unpaired) electrons. The van der Waals surface area contributed by atoms with Gasteiger partial charge in [-0.3, -0.25) is 9.80 Å². The van der Waals surface area contributed by atoms with E-state index in [9.17, 15) is 0 Å². The van der Waals surface area contributed by atoms with Crippen molar-refractivity contribution in [1.29, 1.82) is 10.5 Å². The monoisotopic (exact) mass is 444 g/mol. The lowest BCUT2D eigenvalue weighted by atomic mass is 10.1. The minimum absolute atomic E-state index is 0.301. The number of fused-ring (bicyclic) bond motifs is 2. The van der Waals surface area contributed by atoms with Gasteiger partial charge in [-0.05, 0) is 61.4 Å². The smallest absolute Gasteiger partial charge is 0.0991 e. The lowest BCUT2D eigenvalue weighted by Gasteiger charge is -2.46. The number of hydrogen-bond donors (Lipinski definition) is 2. The normalized spacial score (nSPS) is 20.5. The first kappa shape index (κ1) is 23.1. The first-order valence-electron chi connectivity index (χ1n) is 11.8. The van der Waals surface area contributed by atoms with Crippen LogP contribution in [0.5, 0.6) is 0 Å². The fourth-order valence-electron chi connectivity index (χ4n) is 4.62. The average molecular weight is 445 g/mol. The number of hydrogen-bond acceptors (Lipinski definition) is 7. The van der Waals surface area contributed by atoms with Crippen LogP contribution < -0.4 is 10.6 Å². The van der Waals surface area contributed by atoms with E-state index < -0.39 is 0 Å². The summed E-state index contributed by atoms with van der Waals surface area (Å²) in [5.74, 6) is 0. The predicted molar refractivity (Wildman–Crippen MR) is 130 cm³/mol. The Balaban J connectivity index is 1.10. The van der Waals surface area contributed by atoms with Gasteiger partial charge in [-0.1, -0.05) is 0 Å². The zero-order chi connectivity index (χ0) is 22.9. The maximum atomic E-state index is 8.88. The van der Waals surface area contributed by atoms with Gasteiger partial charge in [-0.2, -0.15) is 10.5 Å². The van der Waals surface area contributed by atoms with Crippen molar-refractivity contribution in [3.05, 3.63) is 59.7 Å². The first-order chi connectivity index (χ1) is 16.2. The third kappa shape index (κ3) is 6.94. The molecule has 2 aliphatic rings. The van der Waals surface area contributed by atoms with Crippen LogP contribution in [0.1, 0.15) is 24.0 Å². The maximum Gasteiger partial charge on any atom is 0.0991 e. The van der Waals surface area contributed by atoms with Gasteiger partial charge in [0.25, 0.3) is 0 Å². The molecule has 0 unspecified atom stereocenters. The third-order valence-electron chi connectivity index (χ3n) is 6.22. The standard InChI is InChI=1S/C26H32N6O/c27-15-21-3-7-23(8-4-21)29-11-1-13-31-17-25-19-32(20-26(18-31)33-25)14-2-12-30-24-9-5-22(16-28)6-10-24/h3-10,25-26,29-30H,1-2,11-14,17-20H2. The van der Waals surface area contributed by atoms with E-state index in [1.165, 1.54) is 0 Å². The Hall–Kier alpha value is -3.10. The molecule has 2 aromatic carbocycles. The molecule has 172 valence electrons. The molecule has 7 heteroatoms. The zero-order valence-corrected chi connectivity index (χ0v) is 19.0. The Morgan fingerprint density at radius 2 is 1.09 bits per heavy atom. The third-order valence-corrected chi connectivity index (χ3v) is 6.22. The first-order valence-corrected chi connectivity index (χ1v) is 11.8. The van der Waals surface area contributed by atoms with Crippen LogP contribution in [0.2, 0.25) is 0 Å². The SMILES string of the molecule is N#Cc1ccc(NCCCN2CC3CN(CCCNc4ccc(C#N)cc4)CC(C2)O3)cc1. The largest absolute Gasteiger partial charge is 0.385 e. The van der Waals surface area contributed by atoms with Gasteiger partial charge in [0, 0.05) is 63.7 Å². The Bertz CT molecular complexity index is 871. The Morgan fingerprint density at radius 3 is 1.45 bits per heavy atom. The molecule has 2 bridgehead atoms. The summed E-state index contributed by atoms with van der Waals surface area (Å²) >= 11 is 0. The second-order valence-corrected chi connectivity index (χ2v) is 8.84. The molecular formula is C26H32N6O. The van der Waals surface area contributed by atoms with Crippen molar-refractivity contribution in [2.45, 2.75) is 25.0 Å². The lowest BCUT2D eigenvalue weighted by Crippen LogP contribution is -2.59. The van der Waals surface area contributed by atoms with Crippen LogP contribution in [0.15, 0.2) is 48.5 Å². The molecule has 0 amide bonds. The highest BCUT2D eigenvalue weighted by Crippen LogP contribution is 2.20. The van der Waals surface area contributed by atoms with Crippen molar-refractivity contribution < 1.29 is 4.74 Å². The average Bonchev–Trinajstić information content (AvgIpc) is 2.85. The van der Waals surface area contributed by atoms with Gasteiger partial charge >= 0.3 is 0 Å². The molecule has 2 saturated heterocycles. The number of nitriles is 2.